The first-order valence-corrected chi connectivity index (χ1v) is 7.11. The van der Waals surface area contributed by atoms with Gasteiger partial charge in [-0.1, -0.05) is 24.3 Å². The van der Waals surface area contributed by atoms with Crippen LogP contribution in [0.25, 0.3) is 0 Å². The highest BCUT2D eigenvalue weighted by Crippen LogP contribution is 2.30. The van der Waals surface area contributed by atoms with E-state index in [2.05, 4.69) is 4.98 Å². The summed E-state index contributed by atoms with van der Waals surface area (Å²) in [4.78, 5) is 17.8. The molecule has 5 heteroatoms. The first-order valence-electron chi connectivity index (χ1n) is 6.17. The predicted octanol–water partition coefficient (Wildman–Crippen LogP) is 2.33. The largest absolute Gasteiger partial charge is 0.480 e. The lowest BCUT2D eigenvalue weighted by Gasteiger charge is -2.34. The van der Waals surface area contributed by atoms with Gasteiger partial charge < -0.3 is 5.11 Å². The molecule has 0 saturated carbocycles. The molecule has 1 N–H and O–H groups in total. The highest BCUT2D eigenvalue weighted by molar-refractivity contribution is 7.07. The van der Waals surface area contributed by atoms with Crippen molar-refractivity contribution >= 4 is 17.3 Å². The molecule has 1 aliphatic heterocycles. The minimum absolute atomic E-state index is 0.563. The minimum Gasteiger partial charge on any atom is -0.480 e. The average molecular weight is 274 g/mol. The van der Waals surface area contributed by atoms with Gasteiger partial charge in [-0.15, -0.1) is 11.3 Å². The van der Waals surface area contributed by atoms with E-state index in [1.165, 1.54) is 11.3 Å². The van der Waals surface area contributed by atoms with Crippen LogP contribution in [-0.4, -0.2) is 27.5 Å². The van der Waals surface area contributed by atoms with E-state index in [0.717, 1.165) is 29.8 Å². The second-order valence-corrected chi connectivity index (χ2v) is 5.36. The molecular weight excluding hydrogens is 260 g/mol. The molecule has 0 bridgehead atoms. The standard InChI is InChI=1S/C14H14N2O2S/c17-14(18)13-12-4-2-1-3-10(12)5-6-16(13)7-11-8-19-9-15-11/h1-4,8-9,13H,5-7H2,(H,17,18). The number of aliphatic carboxylic acids is 1. The number of benzene rings is 1. The van der Waals surface area contributed by atoms with Crippen LogP contribution in [0, 0.1) is 0 Å². The maximum atomic E-state index is 11.6. The van der Waals surface area contributed by atoms with Crippen molar-refractivity contribution < 1.29 is 9.90 Å². The van der Waals surface area contributed by atoms with E-state index in [1.807, 2.05) is 34.5 Å². The Bertz CT molecular complexity index is 583. The van der Waals surface area contributed by atoms with E-state index >= 15 is 0 Å². The second kappa shape index (κ2) is 5.11. The number of fused-ring (bicyclic) bond motifs is 1. The number of carboxylic acid groups (broad SMARTS) is 1. The summed E-state index contributed by atoms with van der Waals surface area (Å²) in [6.45, 7) is 1.35. The van der Waals surface area contributed by atoms with Crippen molar-refractivity contribution in [2.45, 2.75) is 19.0 Å². The molecule has 2 heterocycles. The molecule has 19 heavy (non-hydrogen) atoms. The monoisotopic (exact) mass is 274 g/mol. The van der Waals surface area contributed by atoms with Crippen molar-refractivity contribution in [3.8, 4) is 0 Å². The third kappa shape index (κ3) is 2.39. The number of carboxylic acids is 1. The third-order valence-corrected chi connectivity index (χ3v) is 4.10. The molecule has 0 amide bonds. The Kier molecular flexibility index (Phi) is 3.31. The molecule has 4 nitrogen and oxygen atoms in total. The van der Waals surface area contributed by atoms with Crippen LogP contribution in [0.1, 0.15) is 22.9 Å². The smallest absolute Gasteiger partial charge is 0.325 e. The number of hydrogen-bond acceptors (Lipinski definition) is 4. The maximum absolute atomic E-state index is 11.6. The summed E-state index contributed by atoms with van der Waals surface area (Å²) in [6, 6.07) is 7.24. The molecule has 98 valence electrons. The summed E-state index contributed by atoms with van der Waals surface area (Å²) >= 11 is 1.54. The van der Waals surface area contributed by atoms with Gasteiger partial charge in [0.1, 0.15) is 6.04 Å². The van der Waals surface area contributed by atoms with Crippen LogP contribution in [0.2, 0.25) is 0 Å². The minimum atomic E-state index is -0.789. The zero-order valence-corrected chi connectivity index (χ0v) is 11.1. The molecule has 1 unspecified atom stereocenters. The summed E-state index contributed by atoms with van der Waals surface area (Å²) in [5.41, 5.74) is 4.78. The van der Waals surface area contributed by atoms with E-state index in [0.29, 0.717) is 6.54 Å². The van der Waals surface area contributed by atoms with E-state index in [1.54, 1.807) is 5.51 Å². The second-order valence-electron chi connectivity index (χ2n) is 4.64. The lowest BCUT2D eigenvalue weighted by molar-refractivity contribution is -0.144. The quantitative estimate of drug-likeness (QED) is 0.933. The fourth-order valence-electron chi connectivity index (χ4n) is 2.60. The molecule has 2 aromatic rings. The van der Waals surface area contributed by atoms with Crippen LogP contribution in [0.15, 0.2) is 35.2 Å². The van der Waals surface area contributed by atoms with Gasteiger partial charge in [0, 0.05) is 18.5 Å². The summed E-state index contributed by atoms with van der Waals surface area (Å²) in [6.07, 6.45) is 0.893. The fourth-order valence-corrected chi connectivity index (χ4v) is 3.15. The van der Waals surface area contributed by atoms with Crippen LogP contribution in [0.4, 0.5) is 0 Å². The number of nitrogens with zero attached hydrogens (tertiary/aromatic N) is 2. The highest BCUT2D eigenvalue weighted by atomic mass is 32.1. The SMILES string of the molecule is O=C(O)C1c2ccccc2CCN1Cc1cscn1. The zero-order chi connectivity index (χ0) is 13.2. The van der Waals surface area contributed by atoms with E-state index in [9.17, 15) is 9.90 Å². The Balaban J connectivity index is 1.92. The van der Waals surface area contributed by atoms with Gasteiger partial charge in [0.2, 0.25) is 0 Å². The molecule has 0 radical (unpaired) electrons. The molecule has 1 aromatic carbocycles. The Morgan fingerprint density at radius 2 is 2.32 bits per heavy atom. The van der Waals surface area contributed by atoms with Gasteiger partial charge in [-0.25, -0.2) is 4.98 Å². The van der Waals surface area contributed by atoms with E-state index in [-0.39, 0.29) is 0 Å². The number of rotatable bonds is 3. The normalized spacial score (nSPS) is 19.1. The molecule has 0 fully saturated rings. The number of hydrogen-bond donors (Lipinski definition) is 1. The lowest BCUT2D eigenvalue weighted by Crippen LogP contribution is -2.39. The van der Waals surface area contributed by atoms with E-state index in [4.69, 9.17) is 0 Å². The van der Waals surface area contributed by atoms with Crippen LogP contribution in [-0.2, 0) is 17.8 Å². The average Bonchev–Trinajstić information content (AvgIpc) is 2.91. The summed E-state index contributed by atoms with van der Waals surface area (Å²) in [7, 11) is 0. The lowest BCUT2D eigenvalue weighted by atomic mass is 9.92. The Morgan fingerprint density at radius 1 is 1.47 bits per heavy atom. The summed E-state index contributed by atoms with van der Waals surface area (Å²) in [5, 5.41) is 11.5. The van der Waals surface area contributed by atoms with E-state index < -0.39 is 12.0 Å². The van der Waals surface area contributed by atoms with Crippen LogP contribution in [0.5, 0.6) is 0 Å². The van der Waals surface area contributed by atoms with Gasteiger partial charge >= 0.3 is 5.97 Å². The Labute approximate surface area is 115 Å². The number of thiazole rings is 1. The zero-order valence-electron chi connectivity index (χ0n) is 10.3. The molecule has 0 spiro atoms. The summed E-state index contributed by atoms with van der Waals surface area (Å²) in [5.74, 6) is -0.789. The Hall–Kier alpha value is -1.72. The van der Waals surface area contributed by atoms with Gasteiger partial charge in [-0.3, -0.25) is 9.69 Å². The first-order chi connectivity index (χ1) is 9.25. The summed E-state index contributed by atoms with van der Waals surface area (Å²) < 4.78 is 0. The maximum Gasteiger partial charge on any atom is 0.325 e. The molecule has 3 rings (SSSR count). The number of aromatic nitrogens is 1. The fraction of sp³-hybridized carbons (Fsp3) is 0.286. The van der Waals surface area contributed by atoms with Crippen LogP contribution in [0.3, 0.4) is 0 Å². The van der Waals surface area contributed by atoms with Crippen molar-refractivity contribution in [3.63, 3.8) is 0 Å². The predicted molar refractivity (Wildman–Crippen MR) is 73.0 cm³/mol. The first kappa shape index (κ1) is 12.3. The van der Waals surface area contributed by atoms with Gasteiger partial charge in [-0.05, 0) is 17.5 Å². The topological polar surface area (TPSA) is 53.4 Å². The molecule has 1 aromatic heterocycles. The molecule has 0 aliphatic carbocycles. The van der Waals surface area contributed by atoms with Crippen LogP contribution < -0.4 is 0 Å². The van der Waals surface area contributed by atoms with Crippen molar-refractivity contribution in [1.82, 2.24) is 9.88 Å². The van der Waals surface area contributed by atoms with Crippen molar-refractivity contribution in [1.29, 1.82) is 0 Å². The highest BCUT2D eigenvalue weighted by Gasteiger charge is 2.32. The van der Waals surface area contributed by atoms with Crippen molar-refractivity contribution in [2.24, 2.45) is 0 Å². The molecule has 0 saturated heterocycles. The molecular formula is C14H14N2O2S. The molecule has 1 atom stereocenters. The van der Waals surface area contributed by atoms with Crippen LogP contribution >= 0.6 is 11.3 Å². The van der Waals surface area contributed by atoms with Gasteiger partial charge in [0.25, 0.3) is 0 Å². The van der Waals surface area contributed by atoms with Gasteiger partial charge in [-0.2, -0.15) is 0 Å². The van der Waals surface area contributed by atoms with Crippen molar-refractivity contribution in [2.75, 3.05) is 6.54 Å². The number of carbonyl (C=O) groups is 1. The van der Waals surface area contributed by atoms with Gasteiger partial charge in [0.15, 0.2) is 0 Å². The van der Waals surface area contributed by atoms with Gasteiger partial charge in [0.05, 0.1) is 11.2 Å². The third-order valence-electron chi connectivity index (χ3n) is 3.47. The Morgan fingerprint density at radius 3 is 3.05 bits per heavy atom. The molecule has 1 aliphatic rings. The van der Waals surface area contributed by atoms with Crippen molar-refractivity contribution in [3.05, 3.63) is 52.0 Å².